The number of carboxylic acids is 1. The second-order valence-electron chi connectivity index (χ2n) is 9.23. The van der Waals surface area contributed by atoms with E-state index >= 15 is 0 Å². The summed E-state index contributed by atoms with van der Waals surface area (Å²) < 4.78 is 53.0. The van der Waals surface area contributed by atoms with Crippen LogP contribution in [0.5, 0.6) is 17.2 Å². The molecule has 3 aromatic rings. The lowest BCUT2D eigenvalue weighted by atomic mass is 10.0. The molecule has 0 fully saturated rings. The number of anilines is 2. The maximum Gasteiger partial charge on any atom is 0.389 e. The van der Waals surface area contributed by atoms with Gasteiger partial charge in [0.05, 0.1) is 19.3 Å². The minimum atomic E-state index is -4.20. The quantitative estimate of drug-likeness (QED) is 0.0715. The predicted molar refractivity (Wildman–Crippen MR) is 149 cm³/mol. The largest absolute Gasteiger partial charge is 0.493 e. The van der Waals surface area contributed by atoms with E-state index in [-0.39, 0.29) is 48.5 Å². The van der Waals surface area contributed by atoms with Crippen molar-refractivity contribution in [3.8, 4) is 17.2 Å². The van der Waals surface area contributed by atoms with E-state index in [9.17, 15) is 27.9 Å². The van der Waals surface area contributed by atoms with Crippen LogP contribution in [0.3, 0.4) is 0 Å². The molecule has 8 nitrogen and oxygen atoms in total. The Hall–Kier alpha value is -4.67. The number of nitrogen functional groups attached to an aromatic ring is 2. The van der Waals surface area contributed by atoms with Crippen LogP contribution in [0.4, 0.5) is 24.5 Å². The van der Waals surface area contributed by atoms with Gasteiger partial charge in [-0.25, -0.2) is 9.59 Å². The highest BCUT2D eigenvalue weighted by Crippen LogP contribution is 2.30. The maximum absolute atomic E-state index is 12.7. The van der Waals surface area contributed by atoms with Gasteiger partial charge in [0.15, 0.2) is 11.5 Å². The number of alkyl halides is 3. The minimum absolute atomic E-state index is 0.0543. The van der Waals surface area contributed by atoms with Crippen molar-refractivity contribution in [1.82, 2.24) is 0 Å². The van der Waals surface area contributed by atoms with E-state index in [4.69, 9.17) is 25.7 Å². The van der Waals surface area contributed by atoms with Crippen LogP contribution < -0.4 is 25.7 Å². The molecule has 0 amide bonds. The summed E-state index contributed by atoms with van der Waals surface area (Å²) in [5.74, 6) is -0.960. The number of ether oxygens (including phenoxy) is 3. The summed E-state index contributed by atoms with van der Waals surface area (Å²) in [6.07, 6.45) is -2.69. The zero-order valence-corrected chi connectivity index (χ0v) is 22.4. The standard InChI is InChI=1S/C30H31F3N2O6/c1-39-27-17-22(8-11-26(27)40-13-3-2-12-30(31,32)33)29(38)41-25-9-5-19(6-10-25)14-21(28(36)37)7-4-20-15-23(34)18-24(35)16-20/h5-6,8-11,14-18H,2-4,7,12-13,34-35H2,1H3,(H,36,37)/b21-14+. The van der Waals surface area contributed by atoms with E-state index in [1.54, 1.807) is 30.3 Å². The third-order valence-corrected chi connectivity index (χ3v) is 5.94. The van der Waals surface area contributed by atoms with Gasteiger partial charge in [0.2, 0.25) is 0 Å². The number of unbranched alkanes of at least 4 members (excludes halogenated alkanes) is 1. The van der Waals surface area contributed by atoms with E-state index in [0.29, 0.717) is 29.1 Å². The number of rotatable bonds is 13. The van der Waals surface area contributed by atoms with Crippen LogP contribution in [0.25, 0.3) is 6.08 Å². The maximum atomic E-state index is 12.7. The van der Waals surface area contributed by atoms with Crippen LogP contribution in [0.1, 0.15) is 47.2 Å². The van der Waals surface area contributed by atoms with Crippen LogP contribution in [0, 0.1) is 0 Å². The topological polar surface area (TPSA) is 134 Å². The van der Waals surface area contributed by atoms with Gasteiger partial charge in [-0.1, -0.05) is 12.1 Å². The van der Waals surface area contributed by atoms with Gasteiger partial charge in [-0.15, -0.1) is 0 Å². The van der Waals surface area contributed by atoms with Crippen LogP contribution in [0.2, 0.25) is 0 Å². The number of methoxy groups -OCH3 is 1. The number of carbonyl (C=O) groups is 2. The van der Waals surface area contributed by atoms with Crippen molar-refractivity contribution in [2.45, 2.75) is 38.3 Å². The lowest BCUT2D eigenvalue weighted by Gasteiger charge is -2.12. The number of hydrogen-bond acceptors (Lipinski definition) is 7. The number of nitrogens with two attached hydrogens (primary N) is 2. The van der Waals surface area contributed by atoms with E-state index in [2.05, 4.69) is 0 Å². The first-order valence-electron chi connectivity index (χ1n) is 12.7. The summed E-state index contributed by atoms with van der Waals surface area (Å²) in [7, 11) is 1.38. The average molecular weight is 573 g/mol. The Kier molecular flexibility index (Phi) is 10.6. The molecule has 3 aromatic carbocycles. The molecule has 0 aromatic heterocycles. The predicted octanol–water partition coefficient (Wildman–Crippen LogP) is 6.29. The molecule has 41 heavy (non-hydrogen) atoms. The van der Waals surface area contributed by atoms with Gasteiger partial charge in [0.25, 0.3) is 0 Å². The smallest absolute Gasteiger partial charge is 0.389 e. The van der Waals surface area contributed by atoms with E-state index in [1.807, 2.05) is 0 Å². The van der Waals surface area contributed by atoms with Crippen LogP contribution in [-0.4, -0.2) is 36.9 Å². The van der Waals surface area contributed by atoms with Crippen molar-refractivity contribution in [2.75, 3.05) is 25.2 Å². The molecular weight excluding hydrogens is 541 g/mol. The lowest BCUT2D eigenvalue weighted by molar-refractivity contribution is -0.136. The number of carboxylic acid groups (broad SMARTS) is 1. The van der Waals surface area contributed by atoms with Crippen molar-refractivity contribution < 1.29 is 42.1 Å². The zero-order chi connectivity index (χ0) is 30.0. The highest BCUT2D eigenvalue weighted by atomic mass is 19.4. The van der Waals surface area contributed by atoms with Gasteiger partial charge in [-0.3, -0.25) is 0 Å². The van der Waals surface area contributed by atoms with Crippen LogP contribution in [-0.2, 0) is 11.2 Å². The fourth-order valence-corrected chi connectivity index (χ4v) is 3.93. The average Bonchev–Trinajstić information content (AvgIpc) is 2.90. The number of carbonyl (C=O) groups excluding carboxylic acids is 1. The summed E-state index contributed by atoms with van der Waals surface area (Å²) in [4.78, 5) is 24.5. The third-order valence-electron chi connectivity index (χ3n) is 5.94. The Labute approximate surface area is 235 Å². The summed E-state index contributed by atoms with van der Waals surface area (Å²) in [5.41, 5.74) is 14.4. The highest BCUT2D eigenvalue weighted by Gasteiger charge is 2.25. The minimum Gasteiger partial charge on any atom is -0.493 e. The van der Waals surface area contributed by atoms with Crippen LogP contribution >= 0.6 is 0 Å². The Morgan fingerprint density at radius 3 is 2.22 bits per heavy atom. The van der Waals surface area contributed by atoms with Crippen molar-refractivity contribution in [2.24, 2.45) is 0 Å². The summed E-state index contributed by atoms with van der Waals surface area (Å²) in [6.45, 7) is 0.0656. The molecule has 0 aliphatic carbocycles. The summed E-state index contributed by atoms with van der Waals surface area (Å²) >= 11 is 0. The number of benzene rings is 3. The first-order chi connectivity index (χ1) is 19.4. The number of hydrogen-bond donors (Lipinski definition) is 3. The summed E-state index contributed by atoms with van der Waals surface area (Å²) in [6, 6.07) is 15.8. The second-order valence-corrected chi connectivity index (χ2v) is 9.23. The van der Waals surface area contributed by atoms with E-state index in [1.165, 1.54) is 43.5 Å². The molecular formula is C30H31F3N2O6. The molecule has 218 valence electrons. The second kappa shape index (κ2) is 14.1. The zero-order valence-electron chi connectivity index (χ0n) is 22.4. The van der Waals surface area contributed by atoms with Gasteiger partial charge >= 0.3 is 18.1 Å². The first kappa shape index (κ1) is 30.9. The molecule has 0 heterocycles. The molecule has 0 radical (unpaired) electrons. The fourth-order valence-electron chi connectivity index (χ4n) is 3.93. The van der Waals surface area contributed by atoms with Crippen LogP contribution in [0.15, 0.2) is 66.2 Å². The molecule has 3 rings (SSSR count). The van der Waals surface area contributed by atoms with E-state index in [0.717, 1.165) is 5.56 Å². The first-order valence-corrected chi connectivity index (χ1v) is 12.7. The lowest BCUT2D eigenvalue weighted by Crippen LogP contribution is -2.10. The van der Waals surface area contributed by atoms with Crippen molar-refractivity contribution in [3.05, 3.63) is 82.9 Å². The van der Waals surface area contributed by atoms with E-state index < -0.39 is 24.5 Å². The molecule has 0 aliphatic heterocycles. The van der Waals surface area contributed by atoms with Crippen molar-refractivity contribution >= 4 is 29.4 Å². The molecule has 11 heteroatoms. The van der Waals surface area contributed by atoms with Gasteiger partial charge in [-0.2, -0.15) is 13.2 Å². The highest BCUT2D eigenvalue weighted by molar-refractivity contribution is 5.93. The Morgan fingerprint density at radius 1 is 0.927 bits per heavy atom. The number of esters is 1. The molecule has 0 saturated carbocycles. The molecule has 0 saturated heterocycles. The number of aliphatic carboxylic acids is 1. The summed E-state index contributed by atoms with van der Waals surface area (Å²) in [5, 5.41) is 9.64. The SMILES string of the molecule is COc1cc(C(=O)Oc2ccc(/C=C(\CCc3cc(N)cc(N)c3)C(=O)O)cc2)ccc1OCCCCC(F)(F)F. The molecule has 0 aliphatic rings. The third kappa shape index (κ3) is 10.1. The monoisotopic (exact) mass is 572 g/mol. The van der Waals surface area contributed by atoms with Gasteiger partial charge in [0.1, 0.15) is 5.75 Å². The van der Waals surface area contributed by atoms with Gasteiger partial charge in [-0.05, 0) is 91.4 Å². The Balaban J connectivity index is 1.59. The molecule has 0 spiro atoms. The molecule has 0 atom stereocenters. The normalized spacial score (nSPS) is 11.7. The molecule has 0 unspecified atom stereocenters. The molecule has 5 N–H and O–H groups in total. The van der Waals surface area contributed by atoms with Gasteiger partial charge < -0.3 is 30.8 Å². The van der Waals surface area contributed by atoms with Crippen molar-refractivity contribution in [3.63, 3.8) is 0 Å². The Bertz CT molecular complexity index is 1370. The number of aryl methyl sites for hydroxylation is 1. The fraction of sp³-hybridized carbons (Fsp3) is 0.267. The number of halogens is 3. The Morgan fingerprint density at radius 2 is 1.61 bits per heavy atom. The van der Waals surface area contributed by atoms with Gasteiger partial charge in [0, 0.05) is 23.4 Å². The molecule has 0 bridgehead atoms. The van der Waals surface area contributed by atoms with Crippen molar-refractivity contribution in [1.29, 1.82) is 0 Å².